The summed E-state index contributed by atoms with van der Waals surface area (Å²) in [5.41, 5.74) is 3.34. The molecule has 0 spiro atoms. The van der Waals surface area contributed by atoms with Crippen molar-refractivity contribution >= 4 is 0 Å². The third-order valence-electron chi connectivity index (χ3n) is 7.45. The van der Waals surface area contributed by atoms with E-state index in [1.54, 1.807) is 30.3 Å². The molecule has 0 atom stereocenters. The van der Waals surface area contributed by atoms with E-state index in [4.69, 9.17) is 9.47 Å². The maximum Gasteiger partial charge on any atom is 0.166 e. The molecule has 2 nitrogen and oxygen atoms in total. The molecule has 0 amide bonds. The highest BCUT2D eigenvalue weighted by Gasteiger charge is 2.25. The Hall–Kier alpha value is -2.89. The lowest BCUT2D eigenvalue weighted by Gasteiger charge is -2.29. The molecule has 39 heavy (non-hydrogen) atoms. The molecule has 1 aliphatic heterocycles. The number of aryl methyl sites for hydroxylation is 1. The molecule has 3 aromatic rings. The Labute approximate surface area is 230 Å². The average Bonchev–Trinajstić information content (AvgIpc) is 2.96. The highest BCUT2D eigenvalue weighted by atomic mass is 19.2. The van der Waals surface area contributed by atoms with Crippen LogP contribution in [0, 0.1) is 17.5 Å². The van der Waals surface area contributed by atoms with Crippen molar-refractivity contribution in [2.24, 2.45) is 0 Å². The van der Waals surface area contributed by atoms with Crippen LogP contribution in [0.2, 0.25) is 0 Å². The van der Waals surface area contributed by atoms with E-state index in [0.717, 1.165) is 49.7 Å². The van der Waals surface area contributed by atoms with Crippen molar-refractivity contribution < 1.29 is 22.6 Å². The summed E-state index contributed by atoms with van der Waals surface area (Å²) in [5.74, 6) is -2.04. The molecule has 4 rings (SSSR count). The summed E-state index contributed by atoms with van der Waals surface area (Å²) in [7, 11) is 0. The topological polar surface area (TPSA) is 18.5 Å². The normalized spacial score (nSPS) is 17.7. The second-order valence-electron chi connectivity index (χ2n) is 10.3. The van der Waals surface area contributed by atoms with Crippen LogP contribution in [0.1, 0.15) is 75.8 Å². The monoisotopic (exact) mass is 536 g/mol. The van der Waals surface area contributed by atoms with E-state index >= 15 is 4.39 Å². The van der Waals surface area contributed by atoms with Crippen molar-refractivity contribution in [3.63, 3.8) is 0 Å². The highest BCUT2D eigenvalue weighted by Crippen LogP contribution is 2.32. The van der Waals surface area contributed by atoms with Crippen LogP contribution < -0.4 is 0 Å². The average molecular weight is 537 g/mol. The number of hydrogen-bond donors (Lipinski definition) is 0. The number of benzene rings is 3. The number of allylic oxidation sites excluding steroid dienone is 2. The van der Waals surface area contributed by atoms with Crippen molar-refractivity contribution in [3.8, 4) is 22.3 Å². The molecule has 0 saturated carbocycles. The van der Waals surface area contributed by atoms with Crippen LogP contribution >= 0.6 is 0 Å². The Bertz CT molecular complexity index is 1230. The molecular formula is C34H39F3O2. The molecule has 1 heterocycles. The summed E-state index contributed by atoms with van der Waals surface area (Å²) < 4.78 is 56.4. The van der Waals surface area contributed by atoms with Gasteiger partial charge in [0.1, 0.15) is 5.82 Å². The third kappa shape index (κ3) is 7.61. The van der Waals surface area contributed by atoms with Gasteiger partial charge in [-0.3, -0.25) is 0 Å². The molecule has 0 N–H and O–H groups in total. The summed E-state index contributed by atoms with van der Waals surface area (Å²) in [6.45, 7) is 4.98. The van der Waals surface area contributed by atoms with Gasteiger partial charge in [0.05, 0.1) is 13.2 Å². The lowest BCUT2D eigenvalue weighted by molar-refractivity contribution is -0.189. The smallest absolute Gasteiger partial charge is 0.166 e. The van der Waals surface area contributed by atoms with Gasteiger partial charge in [-0.1, -0.05) is 93.3 Å². The quantitative estimate of drug-likeness (QED) is 0.169. The van der Waals surface area contributed by atoms with Gasteiger partial charge in [-0.15, -0.1) is 0 Å². The van der Waals surface area contributed by atoms with Gasteiger partial charge in [0.15, 0.2) is 17.9 Å². The second kappa shape index (κ2) is 14.5. The number of unbranched alkanes of at least 4 members (excludes halogenated alkanes) is 4. The van der Waals surface area contributed by atoms with Crippen LogP contribution in [-0.4, -0.2) is 19.5 Å². The standard InChI is InChI=1S/C34H39F3O2/c1-3-5-7-8-10-11-26-17-20-30(34(37)33(26)36)25-15-13-24(14-16-25)27-18-19-29(31(35)21-27)28-22-38-32(39-23-28)12-9-6-4-2/h4,6,13-21,28,32H,3,5,7-12,22-23H2,1-2H3. The zero-order chi connectivity index (χ0) is 27.6. The molecular weight excluding hydrogens is 497 g/mol. The van der Waals surface area contributed by atoms with Gasteiger partial charge in [-0.05, 0) is 60.1 Å². The van der Waals surface area contributed by atoms with E-state index in [1.165, 1.54) is 12.5 Å². The fourth-order valence-corrected chi connectivity index (χ4v) is 5.09. The van der Waals surface area contributed by atoms with Gasteiger partial charge >= 0.3 is 0 Å². The third-order valence-corrected chi connectivity index (χ3v) is 7.45. The van der Waals surface area contributed by atoms with Gasteiger partial charge < -0.3 is 9.47 Å². The molecule has 0 bridgehead atoms. The number of hydrogen-bond acceptors (Lipinski definition) is 2. The summed E-state index contributed by atoms with van der Waals surface area (Å²) in [6.07, 6.45) is 11.4. The fourth-order valence-electron chi connectivity index (χ4n) is 5.09. The Morgan fingerprint density at radius 2 is 1.49 bits per heavy atom. The van der Waals surface area contributed by atoms with Gasteiger partial charge in [0.25, 0.3) is 0 Å². The lowest BCUT2D eigenvalue weighted by atomic mass is 9.94. The fraction of sp³-hybridized carbons (Fsp3) is 0.412. The highest BCUT2D eigenvalue weighted by molar-refractivity contribution is 5.71. The minimum absolute atomic E-state index is 0.156. The van der Waals surface area contributed by atoms with Crippen molar-refractivity contribution in [2.45, 2.75) is 77.4 Å². The van der Waals surface area contributed by atoms with Gasteiger partial charge in [-0.2, -0.15) is 0 Å². The van der Waals surface area contributed by atoms with E-state index in [2.05, 4.69) is 13.0 Å². The van der Waals surface area contributed by atoms with E-state index in [1.807, 2.05) is 31.2 Å². The Morgan fingerprint density at radius 3 is 2.18 bits per heavy atom. The lowest BCUT2D eigenvalue weighted by Crippen LogP contribution is -2.31. The molecule has 0 unspecified atom stereocenters. The number of rotatable bonds is 12. The maximum absolute atomic E-state index is 15.1. The molecule has 1 fully saturated rings. The molecule has 0 aromatic heterocycles. The molecule has 5 heteroatoms. The Kier molecular flexibility index (Phi) is 10.8. The van der Waals surface area contributed by atoms with E-state index in [0.29, 0.717) is 36.3 Å². The molecule has 208 valence electrons. The summed E-state index contributed by atoms with van der Waals surface area (Å²) in [6, 6.07) is 15.6. The molecule has 3 aromatic carbocycles. The van der Waals surface area contributed by atoms with Crippen LogP contribution in [0.5, 0.6) is 0 Å². The van der Waals surface area contributed by atoms with Crippen LogP contribution in [0.3, 0.4) is 0 Å². The summed E-state index contributed by atoms with van der Waals surface area (Å²) >= 11 is 0. The van der Waals surface area contributed by atoms with Crippen molar-refractivity contribution in [1.29, 1.82) is 0 Å². The van der Waals surface area contributed by atoms with Gasteiger partial charge in [-0.25, -0.2) is 13.2 Å². The molecule has 0 aliphatic carbocycles. The van der Waals surface area contributed by atoms with E-state index < -0.39 is 11.6 Å². The zero-order valence-electron chi connectivity index (χ0n) is 23.0. The van der Waals surface area contributed by atoms with E-state index in [-0.39, 0.29) is 23.6 Å². The SMILES string of the molecule is CC=CCCC1OCC(c2ccc(-c3ccc(-c4ccc(CCCCCCC)c(F)c4F)cc3)cc2F)CO1. The zero-order valence-corrected chi connectivity index (χ0v) is 23.0. The predicted octanol–water partition coefficient (Wildman–Crippen LogP) is 9.76. The second-order valence-corrected chi connectivity index (χ2v) is 10.3. The van der Waals surface area contributed by atoms with Crippen LogP contribution in [0.15, 0.2) is 66.7 Å². The van der Waals surface area contributed by atoms with Crippen LogP contribution in [0.25, 0.3) is 22.3 Å². The molecule has 0 radical (unpaired) electrons. The molecule has 1 aliphatic rings. The summed E-state index contributed by atoms with van der Waals surface area (Å²) in [5, 5.41) is 0. The first kappa shape index (κ1) is 29.1. The Balaban J connectivity index is 1.39. The first-order chi connectivity index (χ1) is 19.0. The predicted molar refractivity (Wildman–Crippen MR) is 152 cm³/mol. The largest absolute Gasteiger partial charge is 0.352 e. The Morgan fingerprint density at radius 1 is 0.795 bits per heavy atom. The van der Waals surface area contributed by atoms with Crippen molar-refractivity contribution in [2.75, 3.05) is 13.2 Å². The minimum Gasteiger partial charge on any atom is -0.352 e. The van der Waals surface area contributed by atoms with Gasteiger partial charge in [0.2, 0.25) is 0 Å². The summed E-state index contributed by atoms with van der Waals surface area (Å²) in [4.78, 5) is 0. The first-order valence-electron chi connectivity index (χ1n) is 14.2. The first-order valence-corrected chi connectivity index (χ1v) is 14.2. The van der Waals surface area contributed by atoms with Gasteiger partial charge in [0, 0.05) is 17.9 Å². The van der Waals surface area contributed by atoms with Crippen molar-refractivity contribution in [1.82, 2.24) is 0 Å². The molecule has 1 saturated heterocycles. The number of halogens is 3. The maximum atomic E-state index is 15.1. The van der Waals surface area contributed by atoms with Crippen LogP contribution in [-0.2, 0) is 15.9 Å². The van der Waals surface area contributed by atoms with Crippen molar-refractivity contribution in [3.05, 3.63) is 95.3 Å². The minimum atomic E-state index is -0.815. The van der Waals surface area contributed by atoms with E-state index in [9.17, 15) is 8.78 Å². The van der Waals surface area contributed by atoms with Crippen LogP contribution in [0.4, 0.5) is 13.2 Å². The number of ether oxygens (including phenoxy) is 2.